The van der Waals surface area contributed by atoms with E-state index in [1.165, 1.54) is 11.3 Å². The fourth-order valence-electron chi connectivity index (χ4n) is 4.21. The van der Waals surface area contributed by atoms with Crippen molar-refractivity contribution in [2.24, 2.45) is 11.8 Å². The molecular formula is C20H28N6O3S. The lowest BCUT2D eigenvalue weighted by molar-refractivity contribution is -0.124. The SMILES string of the molecule is CC1CC(C)CN(c2nnc(SCCCN3C(=O)CNC3=O)n2Cc2ccco2)C1. The Kier molecular flexibility index (Phi) is 6.31. The van der Waals surface area contributed by atoms with Gasteiger partial charge in [-0.2, -0.15) is 0 Å². The molecule has 0 bridgehead atoms. The van der Waals surface area contributed by atoms with Gasteiger partial charge in [-0.1, -0.05) is 25.6 Å². The van der Waals surface area contributed by atoms with E-state index in [-0.39, 0.29) is 18.5 Å². The number of anilines is 1. The van der Waals surface area contributed by atoms with Gasteiger partial charge in [-0.15, -0.1) is 10.2 Å². The number of nitrogens with one attached hydrogen (secondary N) is 1. The molecule has 4 heterocycles. The smallest absolute Gasteiger partial charge is 0.324 e. The van der Waals surface area contributed by atoms with Crippen LogP contribution in [0.15, 0.2) is 28.0 Å². The van der Waals surface area contributed by atoms with Crippen LogP contribution in [0.4, 0.5) is 10.7 Å². The predicted molar refractivity (Wildman–Crippen MR) is 113 cm³/mol. The summed E-state index contributed by atoms with van der Waals surface area (Å²) in [5.41, 5.74) is 0. The highest BCUT2D eigenvalue weighted by Gasteiger charge is 2.29. The summed E-state index contributed by atoms with van der Waals surface area (Å²) >= 11 is 1.59. The van der Waals surface area contributed by atoms with E-state index in [4.69, 9.17) is 4.42 Å². The molecule has 2 atom stereocenters. The van der Waals surface area contributed by atoms with Crippen LogP contribution in [0.1, 0.15) is 32.4 Å². The Bertz CT molecular complexity index is 857. The minimum Gasteiger partial charge on any atom is -0.467 e. The zero-order valence-electron chi connectivity index (χ0n) is 17.4. The first kappa shape index (κ1) is 20.8. The van der Waals surface area contributed by atoms with E-state index in [9.17, 15) is 9.59 Å². The molecule has 0 aromatic carbocycles. The summed E-state index contributed by atoms with van der Waals surface area (Å²) in [4.78, 5) is 27.0. The molecular weight excluding hydrogens is 404 g/mol. The molecule has 2 aliphatic rings. The normalized spacial score (nSPS) is 22.1. The van der Waals surface area contributed by atoms with Gasteiger partial charge in [0.2, 0.25) is 11.9 Å². The van der Waals surface area contributed by atoms with Gasteiger partial charge >= 0.3 is 6.03 Å². The Morgan fingerprint density at radius 2 is 2.03 bits per heavy atom. The van der Waals surface area contributed by atoms with Crippen LogP contribution < -0.4 is 10.2 Å². The molecule has 2 unspecified atom stereocenters. The van der Waals surface area contributed by atoms with Gasteiger partial charge in [-0.05, 0) is 36.8 Å². The molecule has 162 valence electrons. The van der Waals surface area contributed by atoms with E-state index in [0.717, 1.165) is 35.7 Å². The molecule has 10 heteroatoms. The average Bonchev–Trinajstić information content (AvgIpc) is 3.42. The summed E-state index contributed by atoms with van der Waals surface area (Å²) in [6.45, 7) is 7.58. The maximum Gasteiger partial charge on any atom is 0.324 e. The summed E-state index contributed by atoms with van der Waals surface area (Å²) in [6, 6.07) is 3.54. The summed E-state index contributed by atoms with van der Waals surface area (Å²) in [7, 11) is 0. The molecule has 0 radical (unpaired) electrons. The summed E-state index contributed by atoms with van der Waals surface area (Å²) in [5, 5.41) is 12.3. The number of carbonyl (C=O) groups is 2. The quantitative estimate of drug-likeness (QED) is 0.389. The third kappa shape index (κ3) is 4.63. The monoisotopic (exact) mass is 432 g/mol. The number of urea groups is 1. The lowest BCUT2D eigenvalue weighted by Gasteiger charge is -2.35. The maximum atomic E-state index is 11.7. The van der Waals surface area contributed by atoms with Crippen molar-refractivity contribution in [2.45, 2.75) is 38.4 Å². The van der Waals surface area contributed by atoms with E-state index >= 15 is 0 Å². The zero-order chi connectivity index (χ0) is 21.1. The van der Waals surface area contributed by atoms with Crippen molar-refractivity contribution in [3.05, 3.63) is 24.2 Å². The zero-order valence-corrected chi connectivity index (χ0v) is 18.2. The van der Waals surface area contributed by atoms with E-state index < -0.39 is 0 Å². The number of hydrogen-bond donors (Lipinski definition) is 1. The number of rotatable bonds is 8. The summed E-state index contributed by atoms with van der Waals surface area (Å²) in [6.07, 6.45) is 3.60. The van der Waals surface area contributed by atoms with Gasteiger partial charge in [-0.3, -0.25) is 14.3 Å². The minimum absolute atomic E-state index is 0.0967. The largest absolute Gasteiger partial charge is 0.467 e. The molecule has 2 aliphatic heterocycles. The Labute approximate surface area is 180 Å². The van der Waals surface area contributed by atoms with Crippen LogP contribution in [0.25, 0.3) is 0 Å². The lowest BCUT2D eigenvalue weighted by atomic mass is 9.92. The molecule has 9 nitrogen and oxygen atoms in total. The minimum atomic E-state index is -0.304. The summed E-state index contributed by atoms with van der Waals surface area (Å²) in [5.74, 6) is 3.53. The first-order chi connectivity index (χ1) is 14.5. The first-order valence-corrected chi connectivity index (χ1v) is 11.4. The van der Waals surface area contributed by atoms with Gasteiger partial charge in [0.25, 0.3) is 0 Å². The number of piperidine rings is 1. The third-order valence-corrected chi connectivity index (χ3v) is 6.49. The molecule has 2 aromatic heterocycles. The number of aromatic nitrogens is 3. The van der Waals surface area contributed by atoms with Gasteiger partial charge < -0.3 is 14.6 Å². The third-order valence-electron chi connectivity index (χ3n) is 5.44. The van der Waals surface area contributed by atoms with E-state index in [1.54, 1.807) is 18.0 Å². The Hall–Kier alpha value is -2.49. The van der Waals surface area contributed by atoms with Crippen molar-refractivity contribution in [3.63, 3.8) is 0 Å². The highest BCUT2D eigenvalue weighted by atomic mass is 32.2. The molecule has 1 N–H and O–H groups in total. The molecule has 0 aliphatic carbocycles. The van der Waals surface area contributed by atoms with Crippen molar-refractivity contribution < 1.29 is 14.0 Å². The number of hydrogen-bond acceptors (Lipinski definition) is 7. The second-order valence-corrected chi connectivity index (χ2v) is 9.27. The van der Waals surface area contributed by atoms with Crippen molar-refractivity contribution in [1.29, 1.82) is 0 Å². The van der Waals surface area contributed by atoms with Crippen molar-refractivity contribution in [1.82, 2.24) is 25.0 Å². The molecule has 0 spiro atoms. The molecule has 2 aromatic rings. The number of carbonyl (C=O) groups excluding carboxylic acids is 2. The summed E-state index contributed by atoms with van der Waals surface area (Å²) < 4.78 is 7.68. The van der Waals surface area contributed by atoms with Gasteiger partial charge in [0, 0.05) is 25.4 Å². The number of furan rings is 1. The maximum absolute atomic E-state index is 11.7. The van der Waals surface area contributed by atoms with Crippen LogP contribution in [0, 0.1) is 11.8 Å². The van der Waals surface area contributed by atoms with Crippen molar-refractivity contribution in [3.8, 4) is 0 Å². The molecule has 2 fully saturated rings. The van der Waals surface area contributed by atoms with E-state index in [1.807, 2.05) is 12.1 Å². The Balaban J connectivity index is 1.44. The standard InChI is InChI=1S/C20H28N6O3S/c1-14-9-15(2)12-24(11-14)18-22-23-20(26(18)13-16-5-3-7-29-16)30-8-4-6-25-17(27)10-21-19(25)28/h3,5,7,14-15H,4,6,8-13H2,1-2H3,(H,21,28). The predicted octanol–water partition coefficient (Wildman–Crippen LogP) is 2.44. The van der Waals surface area contributed by atoms with Crippen LogP contribution >= 0.6 is 11.8 Å². The van der Waals surface area contributed by atoms with Crippen molar-refractivity contribution in [2.75, 3.05) is 36.8 Å². The van der Waals surface area contributed by atoms with Crippen LogP contribution in [0.5, 0.6) is 0 Å². The average molecular weight is 433 g/mol. The van der Waals surface area contributed by atoms with E-state index in [0.29, 0.717) is 31.3 Å². The van der Waals surface area contributed by atoms with Crippen molar-refractivity contribution >= 4 is 29.6 Å². The molecule has 0 saturated carbocycles. The lowest BCUT2D eigenvalue weighted by Crippen LogP contribution is -2.40. The number of amides is 3. The molecule has 2 saturated heterocycles. The van der Waals surface area contributed by atoms with Gasteiger partial charge in [0.1, 0.15) is 5.76 Å². The van der Waals surface area contributed by atoms with Gasteiger partial charge in [0.05, 0.1) is 19.4 Å². The van der Waals surface area contributed by atoms with Crippen LogP contribution in [-0.4, -0.2) is 63.5 Å². The Morgan fingerprint density at radius 1 is 1.23 bits per heavy atom. The molecule has 4 rings (SSSR count). The molecule has 30 heavy (non-hydrogen) atoms. The number of nitrogens with zero attached hydrogens (tertiary/aromatic N) is 5. The second-order valence-electron chi connectivity index (χ2n) is 8.21. The fraction of sp³-hybridized carbons (Fsp3) is 0.600. The first-order valence-electron chi connectivity index (χ1n) is 10.4. The van der Waals surface area contributed by atoms with E-state index in [2.05, 4.69) is 38.8 Å². The van der Waals surface area contributed by atoms with Crippen LogP contribution in [0.2, 0.25) is 0 Å². The Morgan fingerprint density at radius 3 is 2.70 bits per heavy atom. The highest BCUT2D eigenvalue weighted by Crippen LogP contribution is 2.29. The fourth-order valence-corrected chi connectivity index (χ4v) is 5.07. The second kappa shape index (κ2) is 9.11. The topological polar surface area (TPSA) is 96.5 Å². The molecule has 3 amide bonds. The van der Waals surface area contributed by atoms with Gasteiger partial charge in [0.15, 0.2) is 5.16 Å². The highest BCUT2D eigenvalue weighted by molar-refractivity contribution is 7.99. The number of thioether (sulfide) groups is 1. The number of imide groups is 1. The van der Waals surface area contributed by atoms with Crippen LogP contribution in [-0.2, 0) is 11.3 Å². The van der Waals surface area contributed by atoms with Crippen LogP contribution in [0.3, 0.4) is 0 Å². The van der Waals surface area contributed by atoms with Gasteiger partial charge in [-0.25, -0.2) is 4.79 Å².